The van der Waals surface area contributed by atoms with Crippen LogP contribution in [0.15, 0.2) is 48.4 Å². The Morgan fingerprint density at radius 3 is 2.69 bits per heavy atom. The van der Waals surface area contributed by atoms with E-state index in [-0.39, 0.29) is 18.1 Å². The van der Waals surface area contributed by atoms with Crippen LogP contribution >= 0.6 is 0 Å². The van der Waals surface area contributed by atoms with Gasteiger partial charge >= 0.3 is 5.97 Å². The number of aromatic nitrogens is 1. The van der Waals surface area contributed by atoms with Crippen molar-refractivity contribution in [2.75, 3.05) is 20.8 Å². The molecule has 2 aromatic carbocycles. The van der Waals surface area contributed by atoms with Gasteiger partial charge in [-0.25, -0.2) is 4.79 Å². The molecule has 0 radical (unpaired) electrons. The van der Waals surface area contributed by atoms with Gasteiger partial charge in [-0.2, -0.15) is 0 Å². The minimum absolute atomic E-state index is 0.209. The minimum Gasteiger partial charge on any atom is -0.497 e. The molecule has 1 aliphatic heterocycles. The maximum absolute atomic E-state index is 12.8. The van der Waals surface area contributed by atoms with Crippen LogP contribution in [-0.4, -0.2) is 37.1 Å². The van der Waals surface area contributed by atoms with E-state index in [0.29, 0.717) is 17.1 Å². The van der Waals surface area contributed by atoms with Gasteiger partial charge in [0.05, 0.1) is 19.8 Å². The maximum Gasteiger partial charge on any atom is 0.343 e. The summed E-state index contributed by atoms with van der Waals surface area (Å²) in [5.41, 5.74) is 2.30. The number of Topliss-reactive ketones (excluding diaryl/α,β-unsaturated/α-hetero) is 1. The first-order valence-electron chi connectivity index (χ1n) is 8.91. The van der Waals surface area contributed by atoms with Crippen LogP contribution < -0.4 is 14.2 Å². The van der Waals surface area contributed by atoms with Crippen LogP contribution in [0.3, 0.4) is 0 Å². The Morgan fingerprint density at radius 2 is 1.93 bits per heavy atom. The van der Waals surface area contributed by atoms with Crippen LogP contribution in [0.4, 0.5) is 0 Å². The predicted octanol–water partition coefficient (Wildman–Crippen LogP) is 3.35. The number of nitrogens with zero attached hydrogens (tertiary/aromatic N) is 1. The highest BCUT2D eigenvalue weighted by molar-refractivity contribution is 6.15. The van der Waals surface area contributed by atoms with Crippen molar-refractivity contribution in [3.63, 3.8) is 0 Å². The first-order chi connectivity index (χ1) is 14.0. The van der Waals surface area contributed by atoms with E-state index in [1.54, 1.807) is 31.4 Å². The summed E-state index contributed by atoms with van der Waals surface area (Å²) in [6.07, 6.45) is 3.65. The number of carbonyl (C=O) groups excluding carboxylic acids is 2. The van der Waals surface area contributed by atoms with Gasteiger partial charge in [0.15, 0.2) is 12.4 Å². The largest absolute Gasteiger partial charge is 0.497 e. The lowest BCUT2D eigenvalue weighted by Crippen LogP contribution is -2.12. The van der Waals surface area contributed by atoms with Crippen molar-refractivity contribution in [1.82, 2.24) is 4.57 Å². The first-order valence-corrected chi connectivity index (χ1v) is 8.91. The highest BCUT2D eigenvalue weighted by Crippen LogP contribution is 2.36. The van der Waals surface area contributed by atoms with Gasteiger partial charge in [0, 0.05) is 35.8 Å². The van der Waals surface area contributed by atoms with Crippen molar-refractivity contribution in [1.29, 1.82) is 0 Å². The maximum atomic E-state index is 12.8. The van der Waals surface area contributed by atoms with E-state index < -0.39 is 5.97 Å². The van der Waals surface area contributed by atoms with E-state index in [1.807, 2.05) is 36.0 Å². The molecule has 0 N–H and O–H groups in total. The third-order valence-electron chi connectivity index (χ3n) is 4.74. The highest BCUT2D eigenvalue weighted by atomic mass is 16.6. The number of methoxy groups -OCH3 is 2. The normalized spacial score (nSPS) is 14.0. The Hall–Kier alpha value is -3.74. The Labute approximate surface area is 167 Å². The van der Waals surface area contributed by atoms with E-state index in [1.165, 1.54) is 7.11 Å². The SMILES string of the molecule is COC(=O)COc1ccc2c(c1)O/C(=C\c1cn(C)c3ccc(OC)cc13)C2=O. The summed E-state index contributed by atoms with van der Waals surface area (Å²) in [7, 11) is 4.84. The van der Waals surface area contributed by atoms with Crippen molar-refractivity contribution in [2.45, 2.75) is 0 Å². The first kappa shape index (κ1) is 18.6. The molecular weight excluding hydrogens is 374 g/mol. The molecule has 3 aromatic rings. The van der Waals surface area contributed by atoms with Gasteiger partial charge in [-0.1, -0.05) is 0 Å². The van der Waals surface area contributed by atoms with Gasteiger partial charge in [0.25, 0.3) is 0 Å². The number of allylic oxidation sites excluding steroid dienone is 1. The molecule has 29 heavy (non-hydrogen) atoms. The molecule has 0 saturated carbocycles. The van der Waals surface area contributed by atoms with Gasteiger partial charge in [-0.15, -0.1) is 0 Å². The summed E-state index contributed by atoms with van der Waals surface area (Å²) in [6.45, 7) is -0.218. The highest BCUT2D eigenvalue weighted by Gasteiger charge is 2.28. The second kappa shape index (κ2) is 7.35. The summed E-state index contributed by atoms with van der Waals surface area (Å²) in [5, 5.41) is 0.953. The zero-order chi connectivity index (χ0) is 20.5. The molecule has 0 spiro atoms. The molecule has 4 rings (SSSR count). The molecule has 7 nitrogen and oxygen atoms in total. The minimum atomic E-state index is -0.491. The van der Waals surface area contributed by atoms with Crippen LogP contribution in [0.2, 0.25) is 0 Å². The number of hydrogen-bond donors (Lipinski definition) is 0. The molecule has 0 aliphatic carbocycles. The molecule has 0 saturated heterocycles. The van der Waals surface area contributed by atoms with Crippen LogP contribution in [-0.2, 0) is 16.6 Å². The smallest absolute Gasteiger partial charge is 0.343 e. The second-order valence-electron chi connectivity index (χ2n) is 6.54. The van der Waals surface area contributed by atoms with E-state index >= 15 is 0 Å². The summed E-state index contributed by atoms with van der Waals surface area (Å²) >= 11 is 0. The average molecular weight is 393 g/mol. The number of benzene rings is 2. The second-order valence-corrected chi connectivity index (χ2v) is 6.54. The number of fused-ring (bicyclic) bond motifs is 2. The Bertz CT molecular complexity index is 1160. The number of ketones is 1. The molecule has 0 unspecified atom stereocenters. The topological polar surface area (TPSA) is 76.0 Å². The molecule has 0 amide bonds. The average Bonchev–Trinajstić information content (AvgIpc) is 3.22. The third kappa shape index (κ3) is 3.42. The summed E-state index contributed by atoms with van der Waals surface area (Å²) in [4.78, 5) is 24.0. The van der Waals surface area contributed by atoms with Crippen LogP contribution in [0.25, 0.3) is 17.0 Å². The Balaban J connectivity index is 1.64. The van der Waals surface area contributed by atoms with Crippen LogP contribution in [0.1, 0.15) is 15.9 Å². The van der Waals surface area contributed by atoms with Gasteiger partial charge < -0.3 is 23.5 Å². The van der Waals surface area contributed by atoms with Crippen molar-refractivity contribution in [2.24, 2.45) is 7.05 Å². The van der Waals surface area contributed by atoms with Crippen molar-refractivity contribution >= 4 is 28.7 Å². The molecule has 2 heterocycles. The van der Waals surface area contributed by atoms with Gasteiger partial charge in [-0.05, 0) is 36.4 Å². The van der Waals surface area contributed by atoms with Crippen LogP contribution in [0, 0.1) is 0 Å². The van der Waals surface area contributed by atoms with E-state index in [0.717, 1.165) is 22.2 Å². The summed E-state index contributed by atoms with van der Waals surface area (Å²) in [5.74, 6) is 1.06. The molecule has 148 valence electrons. The molecule has 1 aliphatic rings. The molecular formula is C22H19NO6. The van der Waals surface area contributed by atoms with Gasteiger partial charge in [-0.3, -0.25) is 4.79 Å². The molecule has 0 fully saturated rings. The monoisotopic (exact) mass is 393 g/mol. The number of rotatable bonds is 5. The lowest BCUT2D eigenvalue weighted by molar-refractivity contribution is -0.142. The molecule has 7 heteroatoms. The quantitative estimate of drug-likeness (QED) is 0.489. The standard InChI is InChI=1S/C22H19NO6/c1-23-11-13(17-9-14(26-2)5-7-18(17)23)8-20-22(25)16-6-4-15(10-19(16)29-20)28-12-21(24)27-3/h4-11H,12H2,1-3H3/b20-8-. The number of esters is 1. The lowest BCUT2D eigenvalue weighted by Gasteiger charge is -2.05. The van der Waals surface area contributed by atoms with Crippen molar-refractivity contribution in [3.05, 3.63) is 59.5 Å². The van der Waals surface area contributed by atoms with E-state index in [2.05, 4.69) is 4.74 Å². The Kier molecular flexibility index (Phi) is 4.72. The van der Waals surface area contributed by atoms with Crippen molar-refractivity contribution < 1.29 is 28.5 Å². The zero-order valence-electron chi connectivity index (χ0n) is 16.2. The molecule has 0 bridgehead atoms. The number of carbonyl (C=O) groups is 2. The molecule has 0 atom stereocenters. The summed E-state index contributed by atoms with van der Waals surface area (Å²) < 4.78 is 23.0. The van der Waals surface area contributed by atoms with Crippen molar-refractivity contribution in [3.8, 4) is 17.2 Å². The van der Waals surface area contributed by atoms with Gasteiger partial charge in [0.2, 0.25) is 5.78 Å². The van der Waals surface area contributed by atoms with E-state index in [9.17, 15) is 9.59 Å². The number of aryl methyl sites for hydroxylation is 1. The fraction of sp³-hybridized carbons (Fsp3) is 0.182. The Morgan fingerprint density at radius 1 is 1.14 bits per heavy atom. The number of hydrogen-bond acceptors (Lipinski definition) is 6. The predicted molar refractivity (Wildman–Crippen MR) is 106 cm³/mol. The lowest BCUT2D eigenvalue weighted by atomic mass is 10.1. The van der Waals surface area contributed by atoms with E-state index in [4.69, 9.17) is 14.2 Å². The van der Waals surface area contributed by atoms with Crippen LogP contribution in [0.5, 0.6) is 17.2 Å². The third-order valence-corrected chi connectivity index (χ3v) is 4.74. The summed E-state index contributed by atoms with van der Waals surface area (Å²) in [6, 6.07) is 10.6. The van der Waals surface area contributed by atoms with Gasteiger partial charge in [0.1, 0.15) is 17.2 Å². The fourth-order valence-corrected chi connectivity index (χ4v) is 3.24. The number of ether oxygens (including phenoxy) is 4. The zero-order valence-corrected chi connectivity index (χ0v) is 16.2. The fourth-order valence-electron chi connectivity index (χ4n) is 3.24. The molecule has 1 aromatic heterocycles.